The Morgan fingerprint density at radius 3 is 2.63 bits per heavy atom. The predicted molar refractivity (Wildman–Crippen MR) is 103 cm³/mol. The van der Waals surface area contributed by atoms with Gasteiger partial charge in [-0.3, -0.25) is 4.79 Å². The second kappa shape index (κ2) is 6.89. The molecule has 7 heteroatoms. The van der Waals surface area contributed by atoms with E-state index in [2.05, 4.69) is 15.3 Å². The Kier molecular flexibility index (Phi) is 4.41. The maximum atomic E-state index is 12.5. The van der Waals surface area contributed by atoms with Crippen LogP contribution in [0.4, 0.5) is 5.69 Å². The highest BCUT2D eigenvalue weighted by atomic mass is 35.5. The molecule has 0 radical (unpaired) electrons. The number of carbonyl (C=O) groups excluding carboxylic acids is 1. The average molecular weight is 382 g/mol. The van der Waals surface area contributed by atoms with E-state index in [1.165, 1.54) is 0 Å². The van der Waals surface area contributed by atoms with Crippen molar-refractivity contribution in [3.8, 4) is 11.5 Å². The number of aryl methyl sites for hydroxylation is 2. The third-order valence-corrected chi connectivity index (χ3v) is 4.36. The molecule has 2 heterocycles. The van der Waals surface area contributed by atoms with Crippen LogP contribution in [-0.2, 0) is 11.2 Å². The van der Waals surface area contributed by atoms with Crippen molar-refractivity contribution in [2.45, 2.75) is 20.3 Å². The summed E-state index contributed by atoms with van der Waals surface area (Å²) in [5, 5.41) is 3.50. The standard InChI is InChI=1S/C20H16ClN3O3/c1-11-17(24-20(26-11)13-6-8-14(21)9-7-13)10-18(25)23-16-5-3-4-15-19(16)27-12(2)22-15/h3-9H,10H2,1-2H3,(H,23,25). The lowest BCUT2D eigenvalue weighted by molar-refractivity contribution is -0.115. The van der Waals surface area contributed by atoms with Crippen molar-refractivity contribution >= 4 is 34.3 Å². The summed E-state index contributed by atoms with van der Waals surface area (Å²) in [6.07, 6.45) is 0.0897. The van der Waals surface area contributed by atoms with Gasteiger partial charge in [0.2, 0.25) is 11.8 Å². The van der Waals surface area contributed by atoms with Gasteiger partial charge >= 0.3 is 0 Å². The quantitative estimate of drug-likeness (QED) is 0.541. The minimum Gasteiger partial charge on any atom is -0.441 e. The van der Waals surface area contributed by atoms with Crippen molar-refractivity contribution in [1.82, 2.24) is 9.97 Å². The van der Waals surface area contributed by atoms with Crippen LogP contribution in [0.5, 0.6) is 0 Å². The number of benzene rings is 2. The third kappa shape index (κ3) is 3.57. The highest BCUT2D eigenvalue weighted by molar-refractivity contribution is 6.30. The van der Waals surface area contributed by atoms with E-state index >= 15 is 0 Å². The summed E-state index contributed by atoms with van der Waals surface area (Å²) in [4.78, 5) is 21.2. The van der Waals surface area contributed by atoms with Crippen LogP contribution in [0.3, 0.4) is 0 Å². The molecular formula is C20H16ClN3O3. The molecule has 0 aliphatic heterocycles. The number of halogens is 1. The van der Waals surface area contributed by atoms with Gasteiger partial charge in [0.1, 0.15) is 11.3 Å². The molecule has 1 N–H and O–H groups in total. The van der Waals surface area contributed by atoms with Crippen molar-refractivity contribution in [2.24, 2.45) is 0 Å². The molecule has 0 atom stereocenters. The van der Waals surface area contributed by atoms with Gasteiger partial charge in [-0.15, -0.1) is 0 Å². The van der Waals surface area contributed by atoms with Crippen LogP contribution in [0.2, 0.25) is 5.02 Å². The van der Waals surface area contributed by atoms with Gasteiger partial charge in [0.25, 0.3) is 0 Å². The van der Waals surface area contributed by atoms with Crippen molar-refractivity contribution in [3.63, 3.8) is 0 Å². The summed E-state index contributed by atoms with van der Waals surface area (Å²) in [5.41, 5.74) is 3.22. The Labute approximate surface area is 160 Å². The van der Waals surface area contributed by atoms with E-state index in [0.29, 0.717) is 45.0 Å². The number of para-hydroxylation sites is 1. The molecule has 0 aliphatic rings. The number of carbonyl (C=O) groups is 1. The van der Waals surface area contributed by atoms with Gasteiger partial charge < -0.3 is 14.2 Å². The van der Waals surface area contributed by atoms with Crippen molar-refractivity contribution in [1.29, 1.82) is 0 Å². The minimum atomic E-state index is -0.212. The van der Waals surface area contributed by atoms with E-state index < -0.39 is 0 Å². The Morgan fingerprint density at radius 2 is 1.85 bits per heavy atom. The van der Waals surface area contributed by atoms with Gasteiger partial charge in [-0.2, -0.15) is 0 Å². The molecule has 0 spiro atoms. The highest BCUT2D eigenvalue weighted by Crippen LogP contribution is 2.26. The molecule has 4 aromatic rings. The fourth-order valence-electron chi connectivity index (χ4n) is 2.81. The first-order chi connectivity index (χ1) is 13.0. The topological polar surface area (TPSA) is 81.2 Å². The molecule has 6 nitrogen and oxygen atoms in total. The fourth-order valence-corrected chi connectivity index (χ4v) is 2.94. The van der Waals surface area contributed by atoms with E-state index in [0.717, 1.165) is 5.56 Å². The molecule has 0 saturated heterocycles. The Bertz CT molecular complexity index is 1130. The first-order valence-corrected chi connectivity index (χ1v) is 8.75. The normalized spacial score (nSPS) is 11.1. The maximum Gasteiger partial charge on any atom is 0.230 e. The molecule has 0 aliphatic carbocycles. The van der Waals surface area contributed by atoms with Crippen molar-refractivity contribution in [2.75, 3.05) is 5.32 Å². The maximum absolute atomic E-state index is 12.5. The van der Waals surface area contributed by atoms with Crippen LogP contribution in [-0.4, -0.2) is 15.9 Å². The number of hydrogen-bond donors (Lipinski definition) is 1. The lowest BCUT2D eigenvalue weighted by atomic mass is 10.2. The average Bonchev–Trinajstić information content (AvgIpc) is 3.18. The van der Waals surface area contributed by atoms with Crippen LogP contribution in [0.1, 0.15) is 17.3 Å². The number of fused-ring (bicyclic) bond motifs is 1. The monoisotopic (exact) mass is 381 g/mol. The SMILES string of the molecule is Cc1nc2cccc(NC(=O)Cc3nc(-c4ccc(Cl)cc4)oc3C)c2o1. The molecule has 0 bridgehead atoms. The summed E-state index contributed by atoms with van der Waals surface area (Å²) < 4.78 is 11.3. The smallest absolute Gasteiger partial charge is 0.230 e. The summed E-state index contributed by atoms with van der Waals surface area (Å²) >= 11 is 5.91. The molecule has 0 unspecified atom stereocenters. The van der Waals surface area contributed by atoms with E-state index in [4.69, 9.17) is 20.4 Å². The van der Waals surface area contributed by atoms with Gasteiger partial charge in [-0.25, -0.2) is 9.97 Å². The van der Waals surface area contributed by atoms with E-state index in [9.17, 15) is 4.79 Å². The number of nitrogens with one attached hydrogen (secondary N) is 1. The fraction of sp³-hybridized carbons (Fsp3) is 0.150. The first kappa shape index (κ1) is 17.3. The summed E-state index contributed by atoms with van der Waals surface area (Å²) in [7, 11) is 0. The van der Waals surface area contributed by atoms with Crippen molar-refractivity contribution < 1.29 is 13.6 Å². The van der Waals surface area contributed by atoms with Crippen LogP contribution in [0.25, 0.3) is 22.6 Å². The molecule has 0 saturated carbocycles. The Hall–Kier alpha value is -3.12. The predicted octanol–water partition coefficient (Wildman–Crippen LogP) is 4.93. The number of oxazole rings is 2. The second-order valence-electron chi connectivity index (χ2n) is 6.14. The van der Waals surface area contributed by atoms with Gasteiger partial charge in [0.05, 0.1) is 17.8 Å². The van der Waals surface area contributed by atoms with Crippen LogP contribution < -0.4 is 5.32 Å². The zero-order valence-electron chi connectivity index (χ0n) is 14.7. The van der Waals surface area contributed by atoms with E-state index in [1.54, 1.807) is 32.0 Å². The minimum absolute atomic E-state index is 0.0897. The summed E-state index contributed by atoms with van der Waals surface area (Å²) in [6, 6.07) is 12.6. The third-order valence-electron chi connectivity index (χ3n) is 4.11. The number of amides is 1. The van der Waals surface area contributed by atoms with Gasteiger partial charge in [-0.1, -0.05) is 17.7 Å². The molecular weight excluding hydrogens is 366 g/mol. The lowest BCUT2D eigenvalue weighted by Crippen LogP contribution is -2.15. The number of anilines is 1. The molecule has 2 aromatic carbocycles. The molecule has 136 valence electrons. The number of aromatic nitrogens is 2. The molecule has 2 aromatic heterocycles. The lowest BCUT2D eigenvalue weighted by Gasteiger charge is -2.04. The summed E-state index contributed by atoms with van der Waals surface area (Å²) in [5.74, 6) is 1.39. The van der Waals surface area contributed by atoms with Gasteiger partial charge in [0, 0.05) is 17.5 Å². The Morgan fingerprint density at radius 1 is 1.07 bits per heavy atom. The van der Waals surface area contributed by atoms with Crippen LogP contribution in [0, 0.1) is 13.8 Å². The van der Waals surface area contributed by atoms with Gasteiger partial charge in [-0.05, 0) is 43.3 Å². The molecule has 27 heavy (non-hydrogen) atoms. The second-order valence-corrected chi connectivity index (χ2v) is 6.58. The molecule has 0 fully saturated rings. The van der Waals surface area contributed by atoms with Crippen LogP contribution >= 0.6 is 11.6 Å². The highest BCUT2D eigenvalue weighted by Gasteiger charge is 2.16. The van der Waals surface area contributed by atoms with Crippen LogP contribution in [0.15, 0.2) is 51.3 Å². The zero-order valence-corrected chi connectivity index (χ0v) is 15.5. The Balaban J connectivity index is 1.53. The van der Waals surface area contributed by atoms with E-state index in [1.807, 2.05) is 24.3 Å². The first-order valence-electron chi connectivity index (χ1n) is 8.38. The zero-order chi connectivity index (χ0) is 19.0. The molecule has 4 rings (SSSR count). The number of nitrogens with zero attached hydrogens (tertiary/aromatic N) is 2. The number of hydrogen-bond acceptors (Lipinski definition) is 5. The number of rotatable bonds is 4. The van der Waals surface area contributed by atoms with E-state index in [-0.39, 0.29) is 12.3 Å². The molecule has 1 amide bonds. The largest absolute Gasteiger partial charge is 0.441 e. The summed E-state index contributed by atoms with van der Waals surface area (Å²) in [6.45, 7) is 3.55. The van der Waals surface area contributed by atoms with Crippen molar-refractivity contribution in [3.05, 3.63) is 64.8 Å². The van der Waals surface area contributed by atoms with Gasteiger partial charge in [0.15, 0.2) is 11.5 Å².